The van der Waals surface area contributed by atoms with Crippen molar-refractivity contribution in [2.45, 2.75) is 19.9 Å². The van der Waals surface area contributed by atoms with E-state index in [0.717, 1.165) is 18.0 Å². The molecule has 1 saturated heterocycles. The number of Topliss-reactive ketones (excluding diaryl/α,β-unsaturated/α-hetero) is 1. The fourth-order valence-corrected chi connectivity index (χ4v) is 4.69. The summed E-state index contributed by atoms with van der Waals surface area (Å²) >= 11 is 1.46. The number of benzene rings is 1. The van der Waals surface area contributed by atoms with Crippen LogP contribution in [-0.4, -0.2) is 59.6 Å². The van der Waals surface area contributed by atoms with E-state index in [1.807, 2.05) is 17.5 Å². The van der Waals surface area contributed by atoms with Gasteiger partial charge in [0.2, 0.25) is 6.79 Å². The zero-order valence-electron chi connectivity index (χ0n) is 17.0. The molecule has 2 aromatic rings. The Morgan fingerprint density at radius 2 is 1.97 bits per heavy atom. The van der Waals surface area contributed by atoms with E-state index in [1.54, 1.807) is 23.1 Å². The monoisotopic (exact) mass is 428 g/mol. The number of carbonyl (C=O) groups excluding carboxylic acids is 2. The summed E-state index contributed by atoms with van der Waals surface area (Å²) in [6.45, 7) is 7.04. The van der Waals surface area contributed by atoms with E-state index < -0.39 is 17.7 Å². The fraction of sp³-hybridized carbons (Fsp3) is 0.364. The van der Waals surface area contributed by atoms with E-state index in [2.05, 4.69) is 18.7 Å². The van der Waals surface area contributed by atoms with E-state index in [4.69, 9.17) is 9.47 Å². The Kier molecular flexibility index (Phi) is 5.78. The molecule has 0 aliphatic carbocycles. The summed E-state index contributed by atoms with van der Waals surface area (Å²) in [4.78, 5) is 30.5. The van der Waals surface area contributed by atoms with Crippen molar-refractivity contribution in [2.24, 2.45) is 0 Å². The third kappa shape index (κ3) is 3.57. The maximum Gasteiger partial charge on any atom is 0.295 e. The van der Waals surface area contributed by atoms with Gasteiger partial charge in [-0.15, -0.1) is 11.3 Å². The maximum absolute atomic E-state index is 13.0. The van der Waals surface area contributed by atoms with E-state index >= 15 is 0 Å². The number of rotatable bonds is 7. The number of likely N-dealkylation sites (N-methyl/N-ethyl adjacent to an activating group) is 1. The van der Waals surface area contributed by atoms with Crippen molar-refractivity contribution in [1.82, 2.24) is 9.80 Å². The lowest BCUT2D eigenvalue weighted by atomic mass is 9.99. The van der Waals surface area contributed by atoms with Gasteiger partial charge >= 0.3 is 0 Å². The number of hydrogen-bond donors (Lipinski definition) is 1. The number of ether oxygens (including phenoxy) is 2. The molecule has 30 heavy (non-hydrogen) atoms. The number of thiophene rings is 1. The summed E-state index contributed by atoms with van der Waals surface area (Å²) in [7, 11) is 0. The first-order chi connectivity index (χ1) is 14.5. The topological polar surface area (TPSA) is 79.3 Å². The third-order valence-corrected chi connectivity index (χ3v) is 6.47. The van der Waals surface area contributed by atoms with E-state index in [9.17, 15) is 14.7 Å². The summed E-state index contributed by atoms with van der Waals surface area (Å²) in [5.41, 5.74) is 0.531. The molecule has 4 rings (SSSR count). The van der Waals surface area contributed by atoms with Crippen molar-refractivity contribution in [1.29, 1.82) is 0 Å². The molecule has 1 aromatic heterocycles. The van der Waals surface area contributed by atoms with Gasteiger partial charge in [0.25, 0.3) is 11.7 Å². The average molecular weight is 429 g/mol. The number of amides is 1. The van der Waals surface area contributed by atoms with Gasteiger partial charge in [0.05, 0.1) is 11.6 Å². The van der Waals surface area contributed by atoms with E-state index in [1.165, 1.54) is 11.3 Å². The van der Waals surface area contributed by atoms with Gasteiger partial charge in [0.15, 0.2) is 11.5 Å². The van der Waals surface area contributed by atoms with Gasteiger partial charge < -0.3 is 24.4 Å². The van der Waals surface area contributed by atoms with Crippen LogP contribution in [0.5, 0.6) is 11.5 Å². The Morgan fingerprint density at radius 3 is 2.67 bits per heavy atom. The summed E-state index contributed by atoms with van der Waals surface area (Å²) in [5, 5.41) is 13.0. The molecule has 7 nitrogen and oxygen atoms in total. The predicted octanol–water partition coefficient (Wildman–Crippen LogP) is 3.24. The predicted molar refractivity (Wildman–Crippen MR) is 114 cm³/mol. The summed E-state index contributed by atoms with van der Waals surface area (Å²) in [6.07, 6.45) is 0. The van der Waals surface area contributed by atoms with Crippen LogP contribution in [-0.2, 0) is 9.59 Å². The van der Waals surface area contributed by atoms with Crippen molar-refractivity contribution in [3.63, 3.8) is 0 Å². The molecular formula is C22H24N2O5S. The highest BCUT2D eigenvalue weighted by Crippen LogP contribution is 2.42. The van der Waals surface area contributed by atoms with E-state index in [-0.39, 0.29) is 18.1 Å². The summed E-state index contributed by atoms with van der Waals surface area (Å²) in [5.74, 6) is -0.357. The van der Waals surface area contributed by atoms with Crippen molar-refractivity contribution >= 4 is 28.8 Å². The largest absolute Gasteiger partial charge is 0.507 e. The molecule has 0 radical (unpaired) electrons. The number of aliphatic hydroxyl groups is 1. The van der Waals surface area contributed by atoms with Crippen LogP contribution in [0.1, 0.15) is 30.3 Å². The molecule has 1 aromatic carbocycles. The van der Waals surface area contributed by atoms with Crippen molar-refractivity contribution in [2.75, 3.05) is 33.0 Å². The normalized spacial score (nSPS) is 19.8. The van der Waals surface area contributed by atoms with Crippen LogP contribution in [0.4, 0.5) is 0 Å². The standard InChI is InChI=1S/C22H24N2O5S/c1-3-23(4-2)9-10-24-19(17-6-5-11-30-17)18(21(26)22(24)27)20(25)14-7-8-15-16(12-14)29-13-28-15/h5-8,11-12,19,25H,3-4,9-10,13H2,1-2H3/b20-18-. The Balaban J connectivity index is 1.74. The van der Waals surface area contributed by atoms with Crippen LogP contribution in [0.25, 0.3) is 5.76 Å². The zero-order valence-corrected chi connectivity index (χ0v) is 17.8. The van der Waals surface area contributed by atoms with Gasteiger partial charge in [-0.25, -0.2) is 0 Å². The zero-order chi connectivity index (χ0) is 21.3. The highest BCUT2D eigenvalue weighted by atomic mass is 32.1. The van der Waals surface area contributed by atoms with Crippen LogP contribution in [0.15, 0.2) is 41.3 Å². The molecule has 0 spiro atoms. The van der Waals surface area contributed by atoms with Crippen LogP contribution in [0.3, 0.4) is 0 Å². The molecule has 8 heteroatoms. The molecule has 158 valence electrons. The second-order valence-corrected chi connectivity index (χ2v) is 8.08. The van der Waals surface area contributed by atoms with Crippen molar-refractivity contribution in [3.05, 3.63) is 51.7 Å². The van der Waals surface area contributed by atoms with Crippen molar-refractivity contribution < 1.29 is 24.2 Å². The number of ketones is 1. The van der Waals surface area contributed by atoms with Gasteiger partial charge in [0, 0.05) is 23.5 Å². The quantitative estimate of drug-likeness (QED) is 0.414. The molecule has 1 N–H and O–H groups in total. The van der Waals surface area contributed by atoms with Crippen LogP contribution >= 0.6 is 11.3 Å². The Morgan fingerprint density at radius 1 is 1.20 bits per heavy atom. The van der Waals surface area contributed by atoms with E-state index in [0.29, 0.717) is 30.2 Å². The summed E-state index contributed by atoms with van der Waals surface area (Å²) < 4.78 is 10.7. The number of fused-ring (bicyclic) bond motifs is 1. The minimum Gasteiger partial charge on any atom is -0.507 e. The third-order valence-electron chi connectivity index (χ3n) is 5.55. The molecular weight excluding hydrogens is 404 g/mol. The van der Waals surface area contributed by atoms with Crippen molar-refractivity contribution in [3.8, 4) is 11.5 Å². The molecule has 2 aliphatic rings. The highest BCUT2D eigenvalue weighted by Gasteiger charge is 2.46. The Hall–Kier alpha value is -2.84. The van der Waals surface area contributed by atoms with Crippen LogP contribution in [0, 0.1) is 0 Å². The van der Waals surface area contributed by atoms with Gasteiger partial charge in [-0.2, -0.15) is 0 Å². The molecule has 2 aliphatic heterocycles. The summed E-state index contributed by atoms with van der Waals surface area (Å²) in [6, 6.07) is 8.15. The lowest BCUT2D eigenvalue weighted by Crippen LogP contribution is -2.37. The molecule has 1 fully saturated rings. The second kappa shape index (κ2) is 8.49. The number of hydrogen-bond acceptors (Lipinski definition) is 7. The second-order valence-electron chi connectivity index (χ2n) is 7.10. The smallest absolute Gasteiger partial charge is 0.295 e. The first kappa shape index (κ1) is 20.4. The fourth-order valence-electron chi connectivity index (χ4n) is 3.84. The molecule has 0 saturated carbocycles. The van der Waals surface area contributed by atoms with Gasteiger partial charge in [-0.3, -0.25) is 9.59 Å². The van der Waals surface area contributed by atoms with Crippen LogP contribution < -0.4 is 9.47 Å². The maximum atomic E-state index is 13.0. The lowest BCUT2D eigenvalue weighted by Gasteiger charge is -2.27. The average Bonchev–Trinajstić information content (AvgIpc) is 3.49. The van der Waals surface area contributed by atoms with Gasteiger partial charge in [0.1, 0.15) is 5.76 Å². The molecule has 0 bridgehead atoms. The molecule has 3 heterocycles. The first-order valence-corrected chi connectivity index (χ1v) is 10.9. The SMILES string of the molecule is CCN(CC)CCN1C(=O)C(=O)/C(=C(\O)c2ccc3c(c2)OCO3)C1c1cccs1. The molecule has 1 atom stereocenters. The Labute approximate surface area is 179 Å². The minimum absolute atomic E-state index is 0.112. The van der Waals surface area contributed by atoms with Gasteiger partial charge in [-0.1, -0.05) is 19.9 Å². The highest BCUT2D eigenvalue weighted by molar-refractivity contribution is 7.10. The number of aliphatic hydroxyl groups excluding tert-OH is 1. The molecule has 1 unspecified atom stereocenters. The number of carbonyl (C=O) groups is 2. The Bertz CT molecular complexity index is 981. The molecule has 1 amide bonds. The van der Waals surface area contributed by atoms with Gasteiger partial charge in [-0.05, 0) is 42.7 Å². The van der Waals surface area contributed by atoms with Crippen LogP contribution in [0.2, 0.25) is 0 Å². The first-order valence-electron chi connectivity index (χ1n) is 9.99. The number of likely N-dealkylation sites (tertiary alicyclic amines) is 1. The minimum atomic E-state index is -0.664. The number of nitrogens with zero attached hydrogens (tertiary/aromatic N) is 2. The lowest BCUT2D eigenvalue weighted by molar-refractivity contribution is -0.140.